The van der Waals surface area contributed by atoms with Gasteiger partial charge in [0, 0.05) is 11.8 Å². The summed E-state index contributed by atoms with van der Waals surface area (Å²) in [6, 6.07) is 10.3. The smallest absolute Gasteiger partial charge is 0.359 e. The van der Waals surface area contributed by atoms with Crippen LogP contribution in [-0.4, -0.2) is 45.1 Å². The van der Waals surface area contributed by atoms with E-state index in [-0.39, 0.29) is 29.0 Å². The highest BCUT2D eigenvalue weighted by molar-refractivity contribution is 6.33. The van der Waals surface area contributed by atoms with Crippen LogP contribution in [0.5, 0.6) is 11.5 Å². The third-order valence-corrected chi connectivity index (χ3v) is 5.00. The summed E-state index contributed by atoms with van der Waals surface area (Å²) >= 11 is 6.18. The number of methoxy groups -OCH3 is 2. The monoisotopic (exact) mass is 469 g/mol. The van der Waals surface area contributed by atoms with Gasteiger partial charge in [0.05, 0.1) is 30.5 Å². The molecule has 0 saturated heterocycles. The van der Waals surface area contributed by atoms with Crippen LogP contribution in [0.1, 0.15) is 27.8 Å². The Bertz CT molecular complexity index is 1320. The average Bonchev–Trinajstić information content (AvgIpc) is 3.43. The number of aryl methyl sites for hydroxylation is 2. The third-order valence-electron chi connectivity index (χ3n) is 4.70. The van der Waals surface area contributed by atoms with Crippen molar-refractivity contribution < 1.29 is 23.5 Å². The van der Waals surface area contributed by atoms with E-state index in [1.165, 1.54) is 7.11 Å². The highest BCUT2D eigenvalue weighted by Gasteiger charge is 2.19. The van der Waals surface area contributed by atoms with E-state index in [2.05, 4.69) is 20.2 Å². The minimum absolute atomic E-state index is 0.0433. The molecule has 4 rings (SSSR count). The predicted octanol–water partition coefficient (Wildman–Crippen LogP) is 3.96. The molecule has 0 bridgehead atoms. The molecule has 11 heteroatoms. The molecule has 0 saturated carbocycles. The number of esters is 1. The van der Waals surface area contributed by atoms with Gasteiger partial charge in [-0.2, -0.15) is 10.1 Å². The van der Waals surface area contributed by atoms with E-state index in [9.17, 15) is 4.79 Å². The minimum atomic E-state index is -0.731. The fraction of sp³-hybridized carbons (Fsp3) is 0.227. The summed E-state index contributed by atoms with van der Waals surface area (Å²) in [6.45, 7) is 3.50. The molecule has 0 amide bonds. The summed E-state index contributed by atoms with van der Waals surface area (Å²) in [7, 11) is 3.08. The quantitative estimate of drug-likeness (QED) is 0.371. The van der Waals surface area contributed by atoms with Crippen molar-refractivity contribution in [1.29, 1.82) is 0 Å². The number of aromatic nitrogens is 5. The third kappa shape index (κ3) is 4.65. The number of ether oxygens (including phenoxy) is 3. The van der Waals surface area contributed by atoms with Gasteiger partial charge in [-0.1, -0.05) is 16.8 Å². The Labute approximate surface area is 194 Å². The molecule has 0 radical (unpaired) electrons. The molecule has 1 aromatic carbocycles. The molecule has 3 heterocycles. The van der Waals surface area contributed by atoms with E-state index in [1.54, 1.807) is 42.1 Å². The van der Waals surface area contributed by atoms with Crippen molar-refractivity contribution in [2.24, 2.45) is 0 Å². The molecule has 0 spiro atoms. The molecule has 4 aromatic rings. The van der Waals surface area contributed by atoms with E-state index in [0.29, 0.717) is 22.9 Å². The molecule has 33 heavy (non-hydrogen) atoms. The Morgan fingerprint density at radius 1 is 1.09 bits per heavy atom. The van der Waals surface area contributed by atoms with E-state index < -0.39 is 5.97 Å². The SMILES string of the molecule is COc1ccc(-c2noc(COC(=O)c3nc(-n4nc(C)cc4C)ccc3Cl)n2)c(OC)c1. The standard InChI is InChI=1S/C22H20ClN5O5/c1-12-9-13(2)28(26-12)18-8-7-16(23)20(24-18)22(29)32-11-19-25-21(27-33-19)15-6-5-14(30-3)10-17(15)31-4/h5-10H,11H2,1-4H3. The number of halogens is 1. The first kappa shape index (κ1) is 22.3. The van der Waals surface area contributed by atoms with Gasteiger partial charge in [-0.25, -0.2) is 14.5 Å². The molecule has 0 aliphatic heterocycles. The van der Waals surface area contributed by atoms with E-state index in [0.717, 1.165) is 11.4 Å². The summed E-state index contributed by atoms with van der Waals surface area (Å²) in [5.41, 5.74) is 2.25. The zero-order chi connectivity index (χ0) is 23.5. The van der Waals surface area contributed by atoms with Crippen LogP contribution < -0.4 is 9.47 Å². The van der Waals surface area contributed by atoms with Crippen molar-refractivity contribution >= 4 is 17.6 Å². The summed E-state index contributed by atoms with van der Waals surface area (Å²) in [5, 5.41) is 8.45. The van der Waals surface area contributed by atoms with E-state index in [4.69, 9.17) is 30.3 Å². The number of rotatable bonds is 7. The van der Waals surface area contributed by atoms with E-state index in [1.807, 2.05) is 19.9 Å². The van der Waals surface area contributed by atoms with Crippen molar-refractivity contribution in [1.82, 2.24) is 24.9 Å². The van der Waals surface area contributed by atoms with Crippen molar-refractivity contribution in [3.63, 3.8) is 0 Å². The zero-order valence-corrected chi connectivity index (χ0v) is 19.1. The summed E-state index contributed by atoms with van der Waals surface area (Å²) in [5.74, 6) is 1.23. The highest BCUT2D eigenvalue weighted by atomic mass is 35.5. The molecule has 0 atom stereocenters. The lowest BCUT2D eigenvalue weighted by atomic mass is 10.2. The molecule has 3 aromatic heterocycles. The Kier molecular flexibility index (Phi) is 6.27. The second-order valence-electron chi connectivity index (χ2n) is 6.99. The van der Waals surface area contributed by atoms with Gasteiger partial charge in [0.1, 0.15) is 11.5 Å². The van der Waals surface area contributed by atoms with Gasteiger partial charge in [-0.3, -0.25) is 0 Å². The first-order chi connectivity index (χ1) is 15.9. The van der Waals surface area contributed by atoms with Crippen molar-refractivity contribution in [3.05, 3.63) is 64.4 Å². The number of benzene rings is 1. The maximum atomic E-state index is 12.6. The number of nitrogens with zero attached hydrogens (tertiary/aromatic N) is 5. The fourth-order valence-corrected chi connectivity index (χ4v) is 3.34. The van der Waals surface area contributed by atoms with E-state index >= 15 is 0 Å². The maximum Gasteiger partial charge on any atom is 0.359 e. The lowest BCUT2D eigenvalue weighted by Crippen LogP contribution is -2.11. The van der Waals surface area contributed by atoms with Crippen LogP contribution in [0.3, 0.4) is 0 Å². The van der Waals surface area contributed by atoms with Gasteiger partial charge in [0.2, 0.25) is 5.82 Å². The van der Waals surface area contributed by atoms with Crippen molar-refractivity contribution in [2.75, 3.05) is 14.2 Å². The van der Waals surface area contributed by atoms with Crippen LogP contribution in [0, 0.1) is 13.8 Å². The normalized spacial score (nSPS) is 10.8. The average molecular weight is 470 g/mol. The van der Waals surface area contributed by atoms with Gasteiger partial charge in [0.25, 0.3) is 5.89 Å². The molecule has 0 aliphatic carbocycles. The molecule has 0 fully saturated rings. The van der Waals surface area contributed by atoms with Gasteiger partial charge in [-0.15, -0.1) is 0 Å². The van der Waals surface area contributed by atoms with Crippen LogP contribution in [0.15, 0.2) is 40.9 Å². The largest absolute Gasteiger partial charge is 0.497 e. The first-order valence-electron chi connectivity index (χ1n) is 9.82. The second kappa shape index (κ2) is 9.29. The molecule has 0 N–H and O–H groups in total. The summed E-state index contributed by atoms with van der Waals surface area (Å²) in [6.07, 6.45) is 0. The Morgan fingerprint density at radius 2 is 1.91 bits per heavy atom. The maximum absolute atomic E-state index is 12.6. The first-order valence-corrected chi connectivity index (χ1v) is 10.2. The number of pyridine rings is 1. The van der Waals surface area contributed by atoms with Crippen molar-refractivity contribution in [2.45, 2.75) is 20.5 Å². The second-order valence-corrected chi connectivity index (χ2v) is 7.40. The number of carbonyl (C=O) groups is 1. The van der Waals surface area contributed by atoms with Crippen LogP contribution in [-0.2, 0) is 11.3 Å². The van der Waals surface area contributed by atoms with Gasteiger partial charge >= 0.3 is 5.97 Å². The van der Waals surface area contributed by atoms with Crippen LogP contribution in [0.4, 0.5) is 0 Å². The topological polar surface area (TPSA) is 114 Å². The highest BCUT2D eigenvalue weighted by Crippen LogP contribution is 2.31. The molecule has 170 valence electrons. The molecule has 0 unspecified atom stereocenters. The van der Waals surface area contributed by atoms with Crippen LogP contribution in [0.2, 0.25) is 5.02 Å². The Hall–Kier alpha value is -3.92. The fourth-order valence-electron chi connectivity index (χ4n) is 3.16. The number of carbonyl (C=O) groups excluding carboxylic acids is 1. The lowest BCUT2D eigenvalue weighted by molar-refractivity contribution is 0.0423. The summed E-state index contributed by atoms with van der Waals surface area (Å²) < 4.78 is 22.7. The Balaban J connectivity index is 1.50. The van der Waals surface area contributed by atoms with Gasteiger partial charge in [0.15, 0.2) is 18.1 Å². The molecular weight excluding hydrogens is 450 g/mol. The van der Waals surface area contributed by atoms with Crippen LogP contribution >= 0.6 is 11.6 Å². The zero-order valence-electron chi connectivity index (χ0n) is 18.3. The number of hydrogen-bond donors (Lipinski definition) is 0. The van der Waals surface area contributed by atoms with Gasteiger partial charge < -0.3 is 18.7 Å². The Morgan fingerprint density at radius 3 is 2.61 bits per heavy atom. The predicted molar refractivity (Wildman–Crippen MR) is 118 cm³/mol. The van der Waals surface area contributed by atoms with Crippen molar-refractivity contribution in [3.8, 4) is 28.7 Å². The molecule has 10 nitrogen and oxygen atoms in total. The molecular formula is C22H20ClN5O5. The number of hydrogen-bond acceptors (Lipinski definition) is 9. The van der Waals surface area contributed by atoms with Crippen LogP contribution in [0.25, 0.3) is 17.2 Å². The lowest BCUT2D eigenvalue weighted by Gasteiger charge is -2.08. The minimum Gasteiger partial charge on any atom is -0.497 e. The van der Waals surface area contributed by atoms with Gasteiger partial charge in [-0.05, 0) is 44.2 Å². The molecule has 0 aliphatic rings. The summed E-state index contributed by atoms with van der Waals surface area (Å²) in [4.78, 5) is 21.2.